The monoisotopic (exact) mass is 357 g/mol. The number of benzene rings is 2. The number of hydrogen-bond donors (Lipinski definition) is 5. The van der Waals surface area contributed by atoms with Gasteiger partial charge in [0, 0.05) is 0 Å². The molecular weight excluding hydrogens is 343 g/mol. The first-order valence-electron chi connectivity index (χ1n) is 6.44. The van der Waals surface area contributed by atoms with Crippen molar-refractivity contribution in [2.75, 3.05) is 0 Å². The van der Waals surface area contributed by atoms with Gasteiger partial charge in [-0.15, -0.1) is 0 Å². The third kappa shape index (κ3) is 4.12. The Morgan fingerprint density at radius 1 is 0.870 bits per heavy atom. The van der Waals surface area contributed by atoms with E-state index in [0.717, 1.165) is 0 Å². The molecule has 0 atom stereocenters. The van der Waals surface area contributed by atoms with Crippen LogP contribution >= 0.6 is 0 Å². The summed E-state index contributed by atoms with van der Waals surface area (Å²) in [4.78, 5) is 0. The van der Waals surface area contributed by atoms with Crippen LogP contribution in [0.4, 0.5) is 0 Å². The Bertz CT molecular complexity index is 788. The summed E-state index contributed by atoms with van der Waals surface area (Å²) in [6, 6.07) is 8.09. The van der Waals surface area contributed by atoms with E-state index in [1.807, 2.05) is 0 Å². The average molecular weight is 357 g/mol. The summed E-state index contributed by atoms with van der Waals surface area (Å²) in [7, 11) is 0. The maximum absolute atomic E-state index is 9.78. The van der Waals surface area contributed by atoms with Gasteiger partial charge in [-0.1, -0.05) is 0 Å². The van der Waals surface area contributed by atoms with Crippen molar-refractivity contribution < 1.29 is 36.4 Å². The van der Waals surface area contributed by atoms with Gasteiger partial charge in [0.15, 0.2) is 0 Å². The summed E-state index contributed by atoms with van der Waals surface area (Å²) >= 11 is 3.99. The fourth-order valence-corrected chi connectivity index (χ4v) is 2.06. The minimum absolute atomic E-state index is 0.00779. The second kappa shape index (κ2) is 6.99. The van der Waals surface area contributed by atoms with E-state index in [1.54, 1.807) is 0 Å². The van der Waals surface area contributed by atoms with E-state index in [9.17, 15) is 20.4 Å². The second-order valence-electron chi connectivity index (χ2n) is 4.69. The van der Waals surface area contributed by atoms with Crippen molar-refractivity contribution in [3.05, 3.63) is 58.9 Å². The summed E-state index contributed by atoms with van der Waals surface area (Å²) in [6.45, 7) is 0. The third-order valence-electron chi connectivity index (χ3n) is 3.01. The average Bonchev–Trinajstić information content (AvgIpc) is 2.49. The molecule has 0 aliphatic rings. The first-order chi connectivity index (χ1) is 10.9. The normalized spacial score (nSPS) is 12.3. The molecule has 0 saturated carbocycles. The van der Waals surface area contributed by atoms with Crippen LogP contribution in [0.25, 0.3) is 12.2 Å². The van der Waals surface area contributed by atoms with Crippen molar-refractivity contribution in [1.29, 1.82) is 0 Å². The van der Waals surface area contributed by atoms with E-state index in [1.165, 1.54) is 48.6 Å². The first kappa shape index (κ1) is 16.6. The van der Waals surface area contributed by atoms with Crippen LogP contribution in [0.15, 0.2) is 47.8 Å². The summed E-state index contributed by atoms with van der Waals surface area (Å²) in [5, 5.41) is 38.1. The minimum atomic E-state index is -0.167. The fraction of sp³-hybridized carbons (Fsp3) is 0. The van der Waals surface area contributed by atoms with E-state index in [-0.39, 0.29) is 34.4 Å². The molecule has 6 N–H and O–H groups in total. The Morgan fingerprint density at radius 3 is 1.78 bits per heavy atom. The van der Waals surface area contributed by atoms with Gasteiger partial charge in [-0.25, -0.2) is 0 Å². The zero-order valence-electron chi connectivity index (χ0n) is 11.7. The Hall–Kier alpha value is -2.77. The molecular formula is C16H14CoN2O4. The molecule has 2 rings (SSSR count). The molecule has 1 radical (unpaired) electrons. The predicted octanol–water partition coefficient (Wildman–Crippen LogP) is 2.23. The van der Waals surface area contributed by atoms with Crippen LogP contribution in [0.5, 0.6) is 23.0 Å². The molecule has 0 unspecified atom stereocenters. The van der Waals surface area contributed by atoms with E-state index < -0.39 is 0 Å². The van der Waals surface area contributed by atoms with Gasteiger partial charge in [0.05, 0.1) is 0 Å². The summed E-state index contributed by atoms with van der Waals surface area (Å²) in [6.07, 6.45) is 2.84. The molecule has 0 fully saturated rings. The number of aromatic hydroxyl groups is 4. The SMILES string of the molecule is [NH]C(=Cc1ccc(O)cc1O)C(=Cc1ccc(O)cc1O)[NH][Co]. The molecule has 0 aliphatic heterocycles. The van der Waals surface area contributed by atoms with Crippen LogP contribution in [0.3, 0.4) is 0 Å². The Labute approximate surface area is 141 Å². The van der Waals surface area contributed by atoms with Gasteiger partial charge in [-0.2, -0.15) is 0 Å². The fourth-order valence-electron chi connectivity index (χ4n) is 1.84. The first-order valence-corrected chi connectivity index (χ1v) is 6.96. The van der Waals surface area contributed by atoms with Crippen molar-refractivity contribution in [1.82, 2.24) is 10.1 Å². The predicted molar refractivity (Wildman–Crippen MR) is 81.7 cm³/mol. The van der Waals surface area contributed by atoms with E-state index in [4.69, 9.17) is 5.73 Å². The van der Waals surface area contributed by atoms with Crippen LogP contribution in [0.1, 0.15) is 11.1 Å². The molecule has 6 nitrogen and oxygen atoms in total. The van der Waals surface area contributed by atoms with Crippen molar-refractivity contribution in [2.45, 2.75) is 0 Å². The molecule has 0 aromatic heterocycles. The van der Waals surface area contributed by atoms with Gasteiger partial charge in [-0.3, -0.25) is 0 Å². The molecule has 7 heteroatoms. The van der Waals surface area contributed by atoms with Crippen LogP contribution in [0.2, 0.25) is 0 Å². The number of rotatable bonds is 4. The van der Waals surface area contributed by atoms with Crippen molar-refractivity contribution >= 4 is 12.2 Å². The molecule has 0 heterocycles. The van der Waals surface area contributed by atoms with Crippen molar-refractivity contribution in [3.63, 3.8) is 0 Å². The zero-order chi connectivity index (χ0) is 17.0. The van der Waals surface area contributed by atoms with Crippen LogP contribution < -0.4 is 10.1 Å². The van der Waals surface area contributed by atoms with Gasteiger partial charge in [0.2, 0.25) is 0 Å². The molecule has 121 valence electrons. The van der Waals surface area contributed by atoms with Crippen LogP contribution in [-0.2, 0) is 16.0 Å². The molecule has 0 saturated heterocycles. The van der Waals surface area contributed by atoms with Gasteiger partial charge in [0.1, 0.15) is 0 Å². The van der Waals surface area contributed by atoms with Crippen molar-refractivity contribution in [3.8, 4) is 23.0 Å². The van der Waals surface area contributed by atoms with E-state index in [2.05, 4.69) is 20.3 Å². The maximum atomic E-state index is 9.78. The number of hydrogen-bond acceptors (Lipinski definition) is 5. The quantitative estimate of drug-likeness (QED) is 0.538. The summed E-state index contributed by atoms with van der Waals surface area (Å²) in [5.41, 5.74) is 9.03. The van der Waals surface area contributed by atoms with E-state index in [0.29, 0.717) is 11.1 Å². The Kier molecular flexibility index (Phi) is 5.04. The number of phenols is 4. The molecule has 0 amide bonds. The van der Waals surface area contributed by atoms with Crippen LogP contribution in [-0.4, -0.2) is 20.4 Å². The molecule has 23 heavy (non-hydrogen) atoms. The second-order valence-corrected chi connectivity index (χ2v) is 4.95. The Balaban J connectivity index is 2.39. The van der Waals surface area contributed by atoms with Gasteiger partial charge in [0.25, 0.3) is 0 Å². The standard InChI is InChI=1S/C16H14N2O4.Co/c17-13(5-9-1-3-11(19)7-15(9)21)14(18)6-10-2-4-12(20)8-16(10)22;/h1-8,17-22H;/q-1;+1. The molecule has 2 aromatic rings. The van der Waals surface area contributed by atoms with Gasteiger partial charge >= 0.3 is 141 Å². The van der Waals surface area contributed by atoms with Gasteiger partial charge < -0.3 is 0 Å². The Morgan fingerprint density at radius 2 is 1.35 bits per heavy atom. The van der Waals surface area contributed by atoms with E-state index >= 15 is 0 Å². The zero-order valence-corrected chi connectivity index (χ0v) is 12.8. The molecule has 2 aromatic carbocycles. The molecule has 0 aliphatic carbocycles. The van der Waals surface area contributed by atoms with Crippen molar-refractivity contribution in [2.24, 2.45) is 0 Å². The topological polar surface area (TPSA) is 117 Å². The number of nitrogens with one attached hydrogen (secondary N) is 2. The summed E-state index contributed by atoms with van der Waals surface area (Å²) < 4.78 is 2.53. The third-order valence-corrected chi connectivity index (χ3v) is 3.29. The number of phenolic OH excluding ortho intramolecular Hbond substituents is 4. The van der Waals surface area contributed by atoms with Crippen LogP contribution in [0, 0.1) is 0 Å². The summed E-state index contributed by atoms with van der Waals surface area (Å²) in [5.74, 6) is -0.469. The molecule has 0 bridgehead atoms. The molecule has 0 spiro atoms. The van der Waals surface area contributed by atoms with Gasteiger partial charge in [-0.05, 0) is 0 Å².